The van der Waals surface area contributed by atoms with Gasteiger partial charge in [-0.3, -0.25) is 9.35 Å². The Hall–Kier alpha value is -0.880. The van der Waals surface area contributed by atoms with Crippen LogP contribution in [0.4, 0.5) is 0 Å². The molecule has 0 aliphatic heterocycles. The van der Waals surface area contributed by atoms with Crippen LogP contribution in [-0.2, 0) is 14.9 Å². The molecule has 0 heterocycles. The van der Waals surface area contributed by atoms with Crippen molar-refractivity contribution in [1.82, 2.24) is 0 Å². The largest absolute Gasteiger partial charge is 0.366 e. The zero-order chi connectivity index (χ0) is 12.6. The number of hydrogen-bond donors (Lipinski definition) is 2. The third-order valence-electron chi connectivity index (χ3n) is 1.73. The van der Waals surface area contributed by atoms with Crippen LogP contribution in [0, 0.1) is 5.92 Å². The summed E-state index contributed by atoms with van der Waals surface area (Å²) >= 11 is 0. The first-order chi connectivity index (χ1) is 6.66. The predicted octanol–water partition coefficient (Wildman–Crippen LogP) is 0.967. The fourth-order valence-corrected chi connectivity index (χ4v) is 2.14. The maximum atomic E-state index is 10.6. The lowest BCUT2D eigenvalue weighted by molar-refractivity contribution is -0.113. The van der Waals surface area contributed by atoms with Gasteiger partial charge >= 0.3 is 0 Å². The number of carbonyl (C=O) groups excluding carboxylic acids is 1. The first kappa shape index (κ1) is 16.5. The van der Waals surface area contributed by atoms with Crippen molar-refractivity contribution >= 4 is 16.0 Å². The van der Waals surface area contributed by atoms with Gasteiger partial charge in [-0.05, 0) is 18.4 Å². The van der Waals surface area contributed by atoms with Crippen LogP contribution < -0.4 is 5.73 Å². The van der Waals surface area contributed by atoms with Crippen molar-refractivity contribution in [2.75, 3.05) is 0 Å². The minimum atomic E-state index is -3.81. The van der Waals surface area contributed by atoms with Crippen molar-refractivity contribution in [3.8, 4) is 0 Å². The van der Waals surface area contributed by atoms with Crippen LogP contribution in [0.25, 0.3) is 0 Å². The number of amides is 1. The molecule has 0 aliphatic carbocycles. The number of nitrogens with two attached hydrogens (primary N) is 1. The van der Waals surface area contributed by atoms with Crippen molar-refractivity contribution in [3.63, 3.8) is 0 Å². The Morgan fingerprint density at radius 3 is 1.87 bits per heavy atom. The Morgan fingerprint density at radius 2 is 1.87 bits per heavy atom. The highest BCUT2D eigenvalue weighted by Crippen LogP contribution is 2.13. The maximum absolute atomic E-state index is 10.6. The molecule has 0 bridgehead atoms. The summed E-state index contributed by atoms with van der Waals surface area (Å²) in [5.41, 5.74) is 4.53. The van der Waals surface area contributed by atoms with Crippen molar-refractivity contribution in [1.29, 1.82) is 0 Å². The summed E-state index contributed by atoms with van der Waals surface area (Å²) in [6, 6.07) is 0. The van der Waals surface area contributed by atoms with Gasteiger partial charge in [-0.15, -0.1) is 0 Å². The van der Waals surface area contributed by atoms with Gasteiger partial charge in [0.25, 0.3) is 10.1 Å². The van der Waals surface area contributed by atoms with E-state index in [4.69, 9.17) is 4.55 Å². The summed E-state index contributed by atoms with van der Waals surface area (Å²) in [6.45, 7) is 8.39. The summed E-state index contributed by atoms with van der Waals surface area (Å²) in [4.78, 5) is 9.47. The van der Waals surface area contributed by atoms with E-state index >= 15 is 0 Å². The highest BCUT2D eigenvalue weighted by atomic mass is 32.2. The van der Waals surface area contributed by atoms with Gasteiger partial charge in [0.2, 0.25) is 5.91 Å². The predicted molar refractivity (Wildman–Crippen MR) is 59.9 cm³/mol. The van der Waals surface area contributed by atoms with E-state index in [0.717, 1.165) is 6.08 Å². The molecule has 1 atom stereocenters. The Bertz CT molecular complexity index is 295. The molecule has 0 rings (SSSR count). The fourth-order valence-electron chi connectivity index (χ4n) is 1.03. The zero-order valence-corrected chi connectivity index (χ0v) is 10.1. The molecular weight excluding hydrogens is 218 g/mol. The Balaban J connectivity index is 0. The Kier molecular flexibility index (Phi) is 8.18. The number of primary amides is 1. The highest BCUT2D eigenvalue weighted by Gasteiger charge is 2.23. The summed E-state index contributed by atoms with van der Waals surface area (Å²) in [5, 5.41) is -0.604. The normalized spacial score (nSPS) is 12.6. The average Bonchev–Trinajstić information content (AvgIpc) is 2.02. The van der Waals surface area contributed by atoms with E-state index in [1.165, 1.54) is 0 Å². The zero-order valence-electron chi connectivity index (χ0n) is 9.30. The molecule has 0 radical (unpaired) electrons. The van der Waals surface area contributed by atoms with E-state index in [0.29, 0.717) is 6.42 Å². The summed E-state index contributed by atoms with van der Waals surface area (Å²) in [7, 11) is -3.81. The van der Waals surface area contributed by atoms with Crippen LogP contribution in [0.1, 0.15) is 27.2 Å². The molecule has 1 amide bonds. The molecule has 0 spiro atoms. The number of rotatable bonds is 4. The van der Waals surface area contributed by atoms with Gasteiger partial charge in [0.05, 0.1) is 5.25 Å². The summed E-state index contributed by atoms with van der Waals surface area (Å²) < 4.78 is 29.7. The van der Waals surface area contributed by atoms with Crippen LogP contribution in [-0.4, -0.2) is 24.1 Å². The van der Waals surface area contributed by atoms with Crippen LogP contribution in [0.5, 0.6) is 0 Å². The second kappa shape index (κ2) is 7.42. The first-order valence-corrected chi connectivity index (χ1v) is 6.05. The molecule has 0 saturated carbocycles. The Morgan fingerprint density at radius 1 is 1.53 bits per heavy atom. The topological polar surface area (TPSA) is 97.5 Å². The van der Waals surface area contributed by atoms with Crippen molar-refractivity contribution in [2.45, 2.75) is 32.4 Å². The monoisotopic (exact) mass is 237 g/mol. The van der Waals surface area contributed by atoms with E-state index in [2.05, 4.69) is 12.3 Å². The third kappa shape index (κ3) is 9.42. The van der Waals surface area contributed by atoms with E-state index < -0.39 is 21.3 Å². The Labute approximate surface area is 91.1 Å². The minimum Gasteiger partial charge on any atom is -0.366 e. The van der Waals surface area contributed by atoms with Crippen LogP contribution in [0.2, 0.25) is 0 Å². The first-order valence-electron chi connectivity index (χ1n) is 4.54. The SMILES string of the molecule is C=CC(N)=O.CCC(C(C)C)S(=O)(=O)O. The molecule has 0 aromatic rings. The molecule has 3 N–H and O–H groups in total. The lowest BCUT2D eigenvalue weighted by atomic mass is 10.1. The minimum absolute atomic E-state index is 0.0139. The van der Waals surface area contributed by atoms with Crippen LogP contribution >= 0.6 is 0 Å². The molecule has 0 aromatic carbocycles. The fraction of sp³-hybridized carbons (Fsp3) is 0.667. The second-order valence-electron chi connectivity index (χ2n) is 3.31. The quantitative estimate of drug-likeness (QED) is 0.562. The molecule has 15 heavy (non-hydrogen) atoms. The van der Waals surface area contributed by atoms with Crippen molar-refractivity contribution < 1.29 is 17.8 Å². The van der Waals surface area contributed by atoms with Gasteiger partial charge in [0.15, 0.2) is 0 Å². The van der Waals surface area contributed by atoms with E-state index in [1.54, 1.807) is 20.8 Å². The van der Waals surface area contributed by atoms with Crippen LogP contribution in [0.15, 0.2) is 12.7 Å². The average molecular weight is 237 g/mol. The molecular formula is C9H19NO4S. The molecule has 1 unspecified atom stereocenters. The van der Waals surface area contributed by atoms with Gasteiger partial charge in [0, 0.05) is 0 Å². The summed E-state index contributed by atoms with van der Waals surface area (Å²) in [6.07, 6.45) is 1.52. The smallest absolute Gasteiger partial charge is 0.268 e. The van der Waals surface area contributed by atoms with Crippen molar-refractivity contribution in [3.05, 3.63) is 12.7 Å². The molecule has 0 saturated heterocycles. The maximum Gasteiger partial charge on any atom is 0.268 e. The number of hydrogen-bond acceptors (Lipinski definition) is 3. The molecule has 6 heteroatoms. The molecule has 5 nitrogen and oxygen atoms in total. The van der Waals surface area contributed by atoms with Crippen LogP contribution in [0.3, 0.4) is 0 Å². The van der Waals surface area contributed by atoms with Gasteiger partial charge < -0.3 is 5.73 Å². The van der Waals surface area contributed by atoms with Gasteiger partial charge in [0.1, 0.15) is 0 Å². The molecule has 0 aromatic heterocycles. The van der Waals surface area contributed by atoms with Gasteiger partial charge in [-0.1, -0.05) is 27.4 Å². The van der Waals surface area contributed by atoms with Gasteiger partial charge in [-0.2, -0.15) is 8.42 Å². The van der Waals surface area contributed by atoms with Gasteiger partial charge in [-0.25, -0.2) is 0 Å². The standard InChI is InChI=1S/C6H14O3S.C3H5NO/c1-4-6(5(2)3)10(7,8)9;1-2-3(4)5/h5-6H,4H2,1-3H3,(H,7,8,9);2H,1H2,(H2,4,5). The second-order valence-corrected chi connectivity index (χ2v) is 4.95. The van der Waals surface area contributed by atoms with Crippen molar-refractivity contribution in [2.24, 2.45) is 11.7 Å². The molecule has 0 aliphatic rings. The third-order valence-corrected chi connectivity index (χ3v) is 3.37. The number of carbonyl (C=O) groups is 1. The lowest BCUT2D eigenvalue weighted by Crippen LogP contribution is -2.25. The highest BCUT2D eigenvalue weighted by molar-refractivity contribution is 7.86. The van der Waals surface area contributed by atoms with E-state index in [1.807, 2.05) is 0 Å². The lowest BCUT2D eigenvalue weighted by Gasteiger charge is -2.14. The molecule has 0 fully saturated rings. The van der Waals surface area contributed by atoms with E-state index in [-0.39, 0.29) is 5.92 Å². The van der Waals surface area contributed by atoms with E-state index in [9.17, 15) is 13.2 Å². The summed E-state index contributed by atoms with van der Waals surface area (Å²) in [5.74, 6) is -0.495. The molecule has 90 valence electrons.